The summed E-state index contributed by atoms with van der Waals surface area (Å²) in [6.07, 6.45) is 0. The van der Waals surface area contributed by atoms with Gasteiger partial charge in [0.1, 0.15) is 0 Å². The van der Waals surface area contributed by atoms with Gasteiger partial charge in [0.15, 0.2) is 11.5 Å². The van der Waals surface area contributed by atoms with Crippen LogP contribution in [0.2, 0.25) is 0 Å². The first-order valence-corrected chi connectivity index (χ1v) is 9.16. The number of carbonyl (C=O) groups excluding carboxylic acids is 1. The van der Waals surface area contributed by atoms with E-state index in [9.17, 15) is 4.79 Å². The first kappa shape index (κ1) is 18.9. The number of nitrogens with one attached hydrogen (secondary N) is 1. The van der Waals surface area contributed by atoms with Gasteiger partial charge in [0, 0.05) is 44.5 Å². The van der Waals surface area contributed by atoms with E-state index in [1.54, 1.807) is 14.2 Å². The number of hydrogen-bond donors (Lipinski definition) is 1. The van der Waals surface area contributed by atoms with E-state index >= 15 is 0 Å². The molecule has 0 saturated carbocycles. The molecule has 1 aliphatic heterocycles. The minimum absolute atomic E-state index is 0.00906. The van der Waals surface area contributed by atoms with Crippen molar-refractivity contribution < 1.29 is 14.3 Å². The Hall–Kier alpha value is -2.89. The van der Waals surface area contributed by atoms with Crippen molar-refractivity contribution in [3.8, 4) is 11.5 Å². The number of hydrogen-bond acceptors (Lipinski definition) is 4. The Morgan fingerprint density at radius 1 is 1.00 bits per heavy atom. The summed E-state index contributed by atoms with van der Waals surface area (Å²) in [5.41, 5.74) is 3.42. The lowest BCUT2D eigenvalue weighted by Crippen LogP contribution is -2.51. The first-order chi connectivity index (χ1) is 13.1. The molecule has 0 aromatic heterocycles. The van der Waals surface area contributed by atoms with E-state index in [4.69, 9.17) is 9.47 Å². The fourth-order valence-electron chi connectivity index (χ4n) is 3.28. The molecule has 1 heterocycles. The second-order valence-electron chi connectivity index (χ2n) is 6.60. The zero-order valence-electron chi connectivity index (χ0n) is 16.2. The molecule has 144 valence electrons. The number of urea groups is 1. The second kappa shape index (κ2) is 8.66. The Kier molecular flexibility index (Phi) is 6.06. The smallest absolute Gasteiger partial charge is 0.317 e. The van der Waals surface area contributed by atoms with Crippen LogP contribution in [0.1, 0.15) is 11.1 Å². The quantitative estimate of drug-likeness (QED) is 0.880. The number of aryl methyl sites for hydroxylation is 1. The third-order valence-corrected chi connectivity index (χ3v) is 4.99. The summed E-state index contributed by atoms with van der Waals surface area (Å²) in [7, 11) is 3.27. The van der Waals surface area contributed by atoms with Crippen LogP contribution < -0.4 is 19.7 Å². The van der Waals surface area contributed by atoms with E-state index in [2.05, 4.69) is 23.2 Å². The van der Waals surface area contributed by atoms with Gasteiger partial charge < -0.3 is 24.6 Å². The van der Waals surface area contributed by atoms with Crippen molar-refractivity contribution in [1.82, 2.24) is 10.2 Å². The van der Waals surface area contributed by atoms with Crippen LogP contribution in [0.25, 0.3) is 0 Å². The van der Waals surface area contributed by atoms with E-state index in [0.29, 0.717) is 25.4 Å². The summed E-state index contributed by atoms with van der Waals surface area (Å²) in [6, 6.07) is 14.0. The van der Waals surface area contributed by atoms with E-state index in [-0.39, 0.29) is 6.03 Å². The number of amides is 2. The van der Waals surface area contributed by atoms with Gasteiger partial charge in [-0.3, -0.25) is 0 Å². The predicted octanol–water partition coefficient (Wildman–Crippen LogP) is 3.04. The summed E-state index contributed by atoms with van der Waals surface area (Å²) in [6.45, 7) is 5.56. The molecule has 1 fully saturated rings. The lowest BCUT2D eigenvalue weighted by molar-refractivity contribution is 0.194. The van der Waals surface area contributed by atoms with Crippen molar-refractivity contribution in [2.45, 2.75) is 13.5 Å². The van der Waals surface area contributed by atoms with Crippen molar-refractivity contribution in [2.24, 2.45) is 0 Å². The Balaban J connectivity index is 1.54. The highest BCUT2D eigenvalue weighted by atomic mass is 16.5. The fraction of sp³-hybridized carbons (Fsp3) is 0.381. The predicted molar refractivity (Wildman–Crippen MR) is 107 cm³/mol. The number of piperazine rings is 1. The molecule has 6 heteroatoms. The van der Waals surface area contributed by atoms with Gasteiger partial charge in [0.05, 0.1) is 14.2 Å². The molecule has 2 aromatic carbocycles. The molecule has 3 rings (SSSR count). The number of benzene rings is 2. The molecular weight excluding hydrogens is 342 g/mol. The first-order valence-electron chi connectivity index (χ1n) is 9.16. The summed E-state index contributed by atoms with van der Waals surface area (Å²) in [5.74, 6) is 1.43. The number of ether oxygens (including phenoxy) is 2. The number of anilines is 1. The van der Waals surface area contributed by atoms with Crippen LogP contribution in [0, 0.1) is 6.92 Å². The highest BCUT2D eigenvalue weighted by Gasteiger charge is 2.22. The maximum Gasteiger partial charge on any atom is 0.317 e. The van der Waals surface area contributed by atoms with Gasteiger partial charge in [0.2, 0.25) is 0 Å². The van der Waals surface area contributed by atoms with E-state index < -0.39 is 0 Å². The van der Waals surface area contributed by atoms with Crippen LogP contribution in [0.4, 0.5) is 10.5 Å². The van der Waals surface area contributed by atoms with Crippen LogP contribution in [0.15, 0.2) is 42.5 Å². The fourth-order valence-corrected chi connectivity index (χ4v) is 3.28. The van der Waals surface area contributed by atoms with Crippen LogP contribution in [0.5, 0.6) is 11.5 Å². The maximum atomic E-state index is 12.5. The third-order valence-electron chi connectivity index (χ3n) is 4.99. The Labute approximate surface area is 160 Å². The molecule has 0 unspecified atom stereocenters. The van der Waals surface area contributed by atoms with Crippen molar-refractivity contribution in [3.05, 3.63) is 53.6 Å². The molecule has 2 aromatic rings. The molecule has 27 heavy (non-hydrogen) atoms. The zero-order valence-corrected chi connectivity index (χ0v) is 16.2. The van der Waals surface area contributed by atoms with Gasteiger partial charge in [-0.25, -0.2) is 4.79 Å². The summed E-state index contributed by atoms with van der Waals surface area (Å²) in [5, 5.41) is 3.03. The molecule has 2 amide bonds. The molecule has 0 bridgehead atoms. The number of nitrogens with zero attached hydrogens (tertiary/aromatic N) is 2. The van der Waals surface area contributed by atoms with E-state index in [0.717, 1.165) is 30.1 Å². The van der Waals surface area contributed by atoms with Crippen molar-refractivity contribution in [2.75, 3.05) is 45.3 Å². The minimum atomic E-state index is -0.00906. The van der Waals surface area contributed by atoms with Gasteiger partial charge in [-0.15, -0.1) is 0 Å². The topological polar surface area (TPSA) is 54.0 Å². The summed E-state index contributed by atoms with van der Waals surface area (Å²) < 4.78 is 10.7. The van der Waals surface area contributed by atoms with Gasteiger partial charge in [-0.1, -0.05) is 24.3 Å². The SMILES string of the molecule is COc1ccc(N2CCN(C(=O)NCc3ccccc3C)CC2)cc1OC. The van der Waals surface area contributed by atoms with Gasteiger partial charge in [-0.05, 0) is 30.2 Å². The Morgan fingerprint density at radius 2 is 1.70 bits per heavy atom. The largest absolute Gasteiger partial charge is 0.493 e. The van der Waals surface area contributed by atoms with Crippen LogP contribution in [-0.4, -0.2) is 51.3 Å². The zero-order chi connectivity index (χ0) is 19.2. The molecule has 0 spiro atoms. The molecule has 0 aliphatic carbocycles. The molecule has 6 nitrogen and oxygen atoms in total. The van der Waals surface area contributed by atoms with Crippen LogP contribution in [0.3, 0.4) is 0 Å². The molecule has 1 saturated heterocycles. The van der Waals surface area contributed by atoms with E-state index in [1.807, 2.05) is 41.3 Å². The monoisotopic (exact) mass is 369 g/mol. The third kappa shape index (κ3) is 4.45. The lowest BCUT2D eigenvalue weighted by atomic mass is 10.1. The normalized spacial score (nSPS) is 14.0. The summed E-state index contributed by atoms with van der Waals surface area (Å²) >= 11 is 0. The summed E-state index contributed by atoms with van der Waals surface area (Å²) in [4.78, 5) is 16.6. The molecular formula is C21H27N3O3. The lowest BCUT2D eigenvalue weighted by Gasteiger charge is -2.36. The maximum absolute atomic E-state index is 12.5. The van der Waals surface area contributed by atoms with Crippen LogP contribution in [-0.2, 0) is 6.54 Å². The van der Waals surface area contributed by atoms with Gasteiger partial charge in [-0.2, -0.15) is 0 Å². The Morgan fingerprint density at radius 3 is 2.37 bits per heavy atom. The number of methoxy groups -OCH3 is 2. The molecule has 1 aliphatic rings. The van der Waals surface area contributed by atoms with Gasteiger partial charge >= 0.3 is 6.03 Å². The standard InChI is InChI=1S/C21H27N3O3/c1-16-6-4-5-7-17(16)15-22-21(25)24-12-10-23(11-13-24)18-8-9-19(26-2)20(14-18)27-3/h4-9,14H,10-13,15H2,1-3H3,(H,22,25). The number of rotatable bonds is 5. The van der Waals surface area contributed by atoms with Crippen molar-refractivity contribution >= 4 is 11.7 Å². The van der Waals surface area contributed by atoms with Gasteiger partial charge in [0.25, 0.3) is 0 Å². The van der Waals surface area contributed by atoms with Crippen molar-refractivity contribution in [3.63, 3.8) is 0 Å². The average molecular weight is 369 g/mol. The van der Waals surface area contributed by atoms with E-state index in [1.165, 1.54) is 5.56 Å². The molecule has 0 atom stereocenters. The highest BCUT2D eigenvalue weighted by molar-refractivity contribution is 5.74. The Bertz CT molecular complexity index is 786. The number of carbonyl (C=O) groups is 1. The molecule has 1 N–H and O–H groups in total. The second-order valence-corrected chi connectivity index (χ2v) is 6.60. The minimum Gasteiger partial charge on any atom is -0.493 e. The van der Waals surface area contributed by atoms with Crippen LogP contribution >= 0.6 is 0 Å². The molecule has 0 radical (unpaired) electrons. The van der Waals surface area contributed by atoms with Crippen molar-refractivity contribution in [1.29, 1.82) is 0 Å². The average Bonchev–Trinajstić information content (AvgIpc) is 2.72. The highest BCUT2D eigenvalue weighted by Crippen LogP contribution is 2.31.